The Morgan fingerprint density at radius 2 is 2.36 bits per heavy atom. The fraction of sp³-hybridized carbons (Fsp3) is 0.300. The Kier molecular flexibility index (Phi) is 4.06. The second-order valence-corrected chi connectivity index (χ2v) is 3.78. The Morgan fingerprint density at radius 1 is 1.64 bits per heavy atom. The van der Waals surface area contributed by atoms with E-state index in [0.717, 1.165) is 0 Å². The lowest BCUT2D eigenvalue weighted by Gasteiger charge is -2.12. The van der Waals surface area contributed by atoms with Crippen LogP contribution in [0.15, 0.2) is 12.3 Å². The Balaban J connectivity index is 2.73. The number of pyridine rings is 1. The monoisotopic (exact) mass is 228 g/mol. The summed E-state index contributed by atoms with van der Waals surface area (Å²) in [6, 6.07) is 1.78. The smallest absolute Gasteiger partial charge is 0.145 e. The zero-order chi connectivity index (χ0) is 10.6. The summed E-state index contributed by atoms with van der Waals surface area (Å²) in [6.07, 6.45) is 7.35. The highest BCUT2D eigenvalue weighted by atomic mass is 35.5. The first-order valence-electron chi connectivity index (χ1n) is 4.14. The van der Waals surface area contributed by atoms with Crippen molar-refractivity contribution in [1.29, 1.82) is 0 Å². The largest absolute Gasteiger partial charge is 0.365 e. The molecule has 0 bridgehead atoms. The highest BCUT2D eigenvalue weighted by Crippen LogP contribution is 2.23. The van der Waals surface area contributed by atoms with Crippen LogP contribution in [0.5, 0.6) is 0 Å². The predicted octanol–water partition coefficient (Wildman–Crippen LogP) is 3.21. The van der Waals surface area contributed by atoms with Gasteiger partial charge in [0.2, 0.25) is 0 Å². The molecule has 0 fully saturated rings. The third-order valence-corrected chi connectivity index (χ3v) is 2.11. The molecule has 1 N–H and O–H groups in total. The van der Waals surface area contributed by atoms with E-state index in [1.807, 2.05) is 6.92 Å². The van der Waals surface area contributed by atoms with E-state index < -0.39 is 0 Å². The molecule has 0 saturated heterocycles. The molecule has 2 nitrogen and oxygen atoms in total. The lowest BCUT2D eigenvalue weighted by Crippen LogP contribution is -2.15. The number of rotatable bonds is 3. The summed E-state index contributed by atoms with van der Waals surface area (Å²) >= 11 is 11.6. The van der Waals surface area contributed by atoms with Gasteiger partial charge in [-0.05, 0) is 13.0 Å². The van der Waals surface area contributed by atoms with Crippen molar-refractivity contribution < 1.29 is 0 Å². The average molecular weight is 229 g/mol. The summed E-state index contributed by atoms with van der Waals surface area (Å²) < 4.78 is 0. The summed E-state index contributed by atoms with van der Waals surface area (Å²) in [6.45, 7) is 1.96. The minimum atomic E-state index is 0.145. The summed E-state index contributed by atoms with van der Waals surface area (Å²) in [7, 11) is 0. The molecule has 1 unspecified atom stereocenters. The number of halogens is 2. The predicted molar refractivity (Wildman–Crippen MR) is 60.8 cm³/mol. The van der Waals surface area contributed by atoms with Crippen LogP contribution in [0.2, 0.25) is 10.0 Å². The molecule has 0 radical (unpaired) electrons. The maximum Gasteiger partial charge on any atom is 0.145 e. The fourth-order valence-electron chi connectivity index (χ4n) is 0.982. The molecule has 0 saturated carbocycles. The van der Waals surface area contributed by atoms with Crippen molar-refractivity contribution >= 4 is 29.0 Å². The van der Waals surface area contributed by atoms with Crippen LogP contribution in [0.1, 0.15) is 13.3 Å². The van der Waals surface area contributed by atoms with E-state index in [0.29, 0.717) is 22.3 Å². The van der Waals surface area contributed by atoms with Gasteiger partial charge in [-0.1, -0.05) is 23.2 Å². The normalized spacial score (nSPS) is 11.9. The Morgan fingerprint density at radius 3 is 2.93 bits per heavy atom. The van der Waals surface area contributed by atoms with Gasteiger partial charge in [0, 0.05) is 18.7 Å². The molecule has 14 heavy (non-hydrogen) atoms. The maximum absolute atomic E-state index is 5.91. The number of anilines is 1. The van der Waals surface area contributed by atoms with Gasteiger partial charge in [0.05, 0.1) is 10.0 Å². The van der Waals surface area contributed by atoms with Gasteiger partial charge in [0.25, 0.3) is 0 Å². The summed E-state index contributed by atoms with van der Waals surface area (Å²) in [5, 5.41) is 4.11. The van der Waals surface area contributed by atoms with Crippen LogP contribution in [0.4, 0.5) is 5.82 Å². The van der Waals surface area contributed by atoms with Crippen molar-refractivity contribution in [2.75, 3.05) is 5.32 Å². The summed E-state index contributed by atoms with van der Waals surface area (Å²) in [5.74, 6) is 3.17. The molecule has 4 heteroatoms. The summed E-state index contributed by atoms with van der Waals surface area (Å²) in [4.78, 5) is 4.06. The van der Waals surface area contributed by atoms with E-state index in [1.54, 1.807) is 12.3 Å². The quantitative estimate of drug-likeness (QED) is 0.805. The van der Waals surface area contributed by atoms with Crippen molar-refractivity contribution in [3.63, 3.8) is 0 Å². The van der Waals surface area contributed by atoms with E-state index in [-0.39, 0.29) is 6.04 Å². The lowest BCUT2D eigenvalue weighted by molar-refractivity contribution is 0.822. The molecular weight excluding hydrogens is 219 g/mol. The molecule has 1 aromatic heterocycles. The van der Waals surface area contributed by atoms with E-state index in [9.17, 15) is 0 Å². The van der Waals surface area contributed by atoms with Crippen LogP contribution in [0.3, 0.4) is 0 Å². The zero-order valence-corrected chi connectivity index (χ0v) is 9.23. The summed E-state index contributed by atoms with van der Waals surface area (Å²) in [5.41, 5.74) is 0. The van der Waals surface area contributed by atoms with Crippen LogP contribution in [-0.4, -0.2) is 11.0 Å². The number of hydrogen-bond donors (Lipinski definition) is 1. The molecular formula is C10H10Cl2N2. The maximum atomic E-state index is 5.91. The van der Waals surface area contributed by atoms with Crippen molar-refractivity contribution in [1.82, 2.24) is 4.98 Å². The van der Waals surface area contributed by atoms with Crippen LogP contribution < -0.4 is 5.32 Å². The SMILES string of the molecule is C#CCC(C)Nc1ncc(Cl)cc1Cl. The van der Waals surface area contributed by atoms with Gasteiger partial charge in [0.1, 0.15) is 5.82 Å². The molecule has 1 rings (SSSR count). The minimum Gasteiger partial charge on any atom is -0.365 e. The van der Waals surface area contributed by atoms with Gasteiger partial charge in [-0.15, -0.1) is 12.3 Å². The Hall–Kier alpha value is -0.910. The molecule has 0 aliphatic carbocycles. The molecule has 1 atom stereocenters. The Bertz CT molecular complexity index is 358. The van der Waals surface area contributed by atoms with Crippen LogP contribution in [0, 0.1) is 12.3 Å². The molecule has 0 spiro atoms. The lowest BCUT2D eigenvalue weighted by atomic mass is 10.2. The number of nitrogens with zero attached hydrogens (tertiary/aromatic N) is 1. The molecule has 0 aliphatic heterocycles. The third kappa shape index (κ3) is 3.10. The molecule has 0 aromatic carbocycles. The van der Waals surface area contributed by atoms with Crippen LogP contribution in [-0.2, 0) is 0 Å². The molecule has 0 aliphatic rings. The number of aromatic nitrogens is 1. The van der Waals surface area contributed by atoms with Gasteiger partial charge in [0.15, 0.2) is 0 Å². The zero-order valence-electron chi connectivity index (χ0n) is 7.72. The first-order chi connectivity index (χ1) is 6.63. The highest BCUT2D eigenvalue weighted by molar-refractivity contribution is 6.35. The van der Waals surface area contributed by atoms with Gasteiger partial charge >= 0.3 is 0 Å². The average Bonchev–Trinajstić information content (AvgIpc) is 2.10. The van der Waals surface area contributed by atoms with Crippen molar-refractivity contribution in [3.8, 4) is 12.3 Å². The highest BCUT2D eigenvalue weighted by Gasteiger charge is 2.05. The molecule has 1 aromatic rings. The molecule has 74 valence electrons. The molecule has 0 amide bonds. The minimum absolute atomic E-state index is 0.145. The van der Waals surface area contributed by atoms with Crippen molar-refractivity contribution in [2.24, 2.45) is 0 Å². The number of terminal acetylenes is 1. The van der Waals surface area contributed by atoms with Gasteiger partial charge < -0.3 is 5.32 Å². The Labute approximate surface area is 93.6 Å². The second kappa shape index (κ2) is 5.09. The van der Waals surface area contributed by atoms with E-state index in [4.69, 9.17) is 29.6 Å². The standard InChI is InChI=1S/C10H10Cl2N2/c1-3-4-7(2)14-10-9(12)5-8(11)6-13-10/h1,5-7H,4H2,2H3,(H,13,14). The first kappa shape index (κ1) is 11.2. The van der Waals surface area contributed by atoms with Crippen LogP contribution >= 0.6 is 23.2 Å². The first-order valence-corrected chi connectivity index (χ1v) is 4.90. The van der Waals surface area contributed by atoms with Crippen molar-refractivity contribution in [2.45, 2.75) is 19.4 Å². The van der Waals surface area contributed by atoms with E-state index in [2.05, 4.69) is 16.2 Å². The van der Waals surface area contributed by atoms with Crippen LogP contribution in [0.25, 0.3) is 0 Å². The number of nitrogens with one attached hydrogen (secondary N) is 1. The van der Waals surface area contributed by atoms with Gasteiger partial charge in [-0.2, -0.15) is 0 Å². The molecule has 1 heterocycles. The second-order valence-electron chi connectivity index (χ2n) is 2.94. The van der Waals surface area contributed by atoms with Gasteiger partial charge in [-0.3, -0.25) is 0 Å². The van der Waals surface area contributed by atoms with Gasteiger partial charge in [-0.25, -0.2) is 4.98 Å². The van der Waals surface area contributed by atoms with E-state index >= 15 is 0 Å². The van der Waals surface area contributed by atoms with E-state index in [1.165, 1.54) is 0 Å². The van der Waals surface area contributed by atoms with Crippen molar-refractivity contribution in [3.05, 3.63) is 22.3 Å². The fourth-order valence-corrected chi connectivity index (χ4v) is 1.42. The third-order valence-electron chi connectivity index (χ3n) is 1.61. The topological polar surface area (TPSA) is 24.9 Å². The number of hydrogen-bond acceptors (Lipinski definition) is 2.